The van der Waals surface area contributed by atoms with E-state index in [1.54, 1.807) is 13.0 Å². The van der Waals surface area contributed by atoms with Gasteiger partial charge in [0.1, 0.15) is 0 Å². The summed E-state index contributed by atoms with van der Waals surface area (Å²) in [6.07, 6.45) is 0. The van der Waals surface area contributed by atoms with Crippen molar-refractivity contribution in [3.05, 3.63) is 40.2 Å². The highest BCUT2D eigenvalue weighted by Crippen LogP contribution is 2.24. The second kappa shape index (κ2) is 3.39. The largest absolute Gasteiger partial charge is 0.236 e. The maximum atomic E-state index is 8.69. The second-order valence-corrected chi connectivity index (χ2v) is 2.52. The zero-order valence-electron chi connectivity index (χ0n) is 7.00. The molecule has 0 aliphatic carbocycles. The van der Waals surface area contributed by atoms with E-state index in [9.17, 15) is 0 Å². The van der Waals surface area contributed by atoms with Gasteiger partial charge in [0.2, 0.25) is 5.69 Å². The van der Waals surface area contributed by atoms with Crippen LogP contribution < -0.4 is 0 Å². The van der Waals surface area contributed by atoms with E-state index in [1.165, 1.54) is 6.07 Å². The molecule has 1 rings (SSSR count). The van der Waals surface area contributed by atoms with E-state index in [2.05, 4.69) is 4.85 Å². The van der Waals surface area contributed by atoms with E-state index in [0.29, 0.717) is 16.8 Å². The molecule has 0 heterocycles. The van der Waals surface area contributed by atoms with Gasteiger partial charge in [0.05, 0.1) is 29.8 Å². The molecular formula is C10H5N3. The minimum absolute atomic E-state index is 0.270. The first-order valence-corrected chi connectivity index (χ1v) is 3.55. The fourth-order valence-corrected chi connectivity index (χ4v) is 1.08. The van der Waals surface area contributed by atoms with Gasteiger partial charge >= 0.3 is 0 Å². The number of benzene rings is 1. The third kappa shape index (κ3) is 1.48. The van der Waals surface area contributed by atoms with Crippen LogP contribution in [0.15, 0.2) is 12.1 Å². The molecule has 3 nitrogen and oxygen atoms in total. The van der Waals surface area contributed by atoms with Crippen molar-refractivity contribution in [3.63, 3.8) is 0 Å². The Morgan fingerprint density at radius 3 is 2.46 bits per heavy atom. The van der Waals surface area contributed by atoms with Gasteiger partial charge in [-0.1, -0.05) is 6.07 Å². The first kappa shape index (κ1) is 8.78. The fraction of sp³-hybridized carbons (Fsp3) is 0.100. The van der Waals surface area contributed by atoms with Crippen LogP contribution in [0.4, 0.5) is 5.69 Å². The van der Waals surface area contributed by atoms with Crippen LogP contribution in [0.3, 0.4) is 0 Å². The Bertz CT molecular complexity index is 467. The van der Waals surface area contributed by atoms with Crippen molar-refractivity contribution < 1.29 is 0 Å². The monoisotopic (exact) mass is 167 g/mol. The number of nitriles is 2. The van der Waals surface area contributed by atoms with Crippen LogP contribution in [0, 0.1) is 36.2 Å². The number of aryl methyl sites for hydroxylation is 1. The molecule has 0 saturated heterocycles. The van der Waals surface area contributed by atoms with Crippen molar-refractivity contribution >= 4 is 5.69 Å². The Morgan fingerprint density at radius 1 is 1.31 bits per heavy atom. The zero-order chi connectivity index (χ0) is 9.84. The highest BCUT2D eigenvalue weighted by Gasteiger charge is 2.06. The van der Waals surface area contributed by atoms with Gasteiger partial charge < -0.3 is 0 Å². The van der Waals surface area contributed by atoms with Crippen molar-refractivity contribution in [1.82, 2.24) is 0 Å². The summed E-state index contributed by atoms with van der Waals surface area (Å²) < 4.78 is 0. The summed E-state index contributed by atoms with van der Waals surface area (Å²) >= 11 is 0. The average Bonchev–Trinajstić information content (AvgIpc) is 2.16. The molecule has 0 saturated carbocycles. The average molecular weight is 167 g/mol. The lowest BCUT2D eigenvalue weighted by molar-refractivity contribution is 1.40. The van der Waals surface area contributed by atoms with Crippen molar-refractivity contribution in [2.45, 2.75) is 6.92 Å². The molecule has 0 bridgehead atoms. The Kier molecular flexibility index (Phi) is 2.29. The van der Waals surface area contributed by atoms with Crippen molar-refractivity contribution in [3.8, 4) is 12.1 Å². The van der Waals surface area contributed by atoms with Crippen molar-refractivity contribution in [2.24, 2.45) is 0 Å². The molecule has 0 atom stereocenters. The van der Waals surface area contributed by atoms with Gasteiger partial charge in [0.25, 0.3) is 0 Å². The molecule has 1 aromatic carbocycles. The Morgan fingerprint density at radius 2 is 2.00 bits per heavy atom. The van der Waals surface area contributed by atoms with Crippen molar-refractivity contribution in [1.29, 1.82) is 10.5 Å². The molecule has 60 valence electrons. The van der Waals surface area contributed by atoms with E-state index >= 15 is 0 Å². The topological polar surface area (TPSA) is 51.9 Å². The third-order valence-electron chi connectivity index (χ3n) is 1.66. The summed E-state index contributed by atoms with van der Waals surface area (Å²) in [5.41, 5.74) is 1.69. The highest BCUT2D eigenvalue weighted by molar-refractivity contribution is 5.65. The lowest BCUT2D eigenvalue weighted by atomic mass is 10.1. The minimum atomic E-state index is 0.270. The molecule has 0 aliphatic heterocycles. The SMILES string of the molecule is [C-]#[N+]c1c(C)cc(C#N)cc1C#N. The zero-order valence-corrected chi connectivity index (χ0v) is 7.00. The van der Waals surface area contributed by atoms with E-state index < -0.39 is 0 Å². The molecule has 0 unspecified atom stereocenters. The molecule has 13 heavy (non-hydrogen) atoms. The molecular weight excluding hydrogens is 162 g/mol. The summed E-state index contributed by atoms with van der Waals surface area (Å²) in [6.45, 7) is 8.56. The normalized spacial score (nSPS) is 8.15. The number of hydrogen-bond donors (Lipinski definition) is 0. The molecule has 0 fully saturated rings. The smallest absolute Gasteiger partial charge is 0.207 e. The molecule has 0 spiro atoms. The minimum Gasteiger partial charge on any atom is -0.236 e. The van der Waals surface area contributed by atoms with Gasteiger partial charge in [0, 0.05) is 0 Å². The maximum Gasteiger partial charge on any atom is 0.207 e. The molecule has 0 radical (unpaired) electrons. The highest BCUT2D eigenvalue weighted by atomic mass is 14.7. The number of hydrogen-bond acceptors (Lipinski definition) is 2. The molecule has 3 heteroatoms. The van der Waals surface area contributed by atoms with E-state index in [0.717, 1.165) is 0 Å². The maximum absolute atomic E-state index is 8.69. The van der Waals surface area contributed by atoms with E-state index in [1.807, 2.05) is 12.1 Å². The predicted molar refractivity (Wildman–Crippen MR) is 46.9 cm³/mol. The second-order valence-electron chi connectivity index (χ2n) is 2.52. The molecule has 0 aliphatic rings. The summed E-state index contributed by atoms with van der Waals surface area (Å²) in [7, 11) is 0. The Hall–Kier alpha value is -2.31. The Balaban J connectivity index is 3.54. The van der Waals surface area contributed by atoms with Gasteiger partial charge in [-0.15, -0.1) is 0 Å². The van der Waals surface area contributed by atoms with Crippen LogP contribution in [0.25, 0.3) is 4.85 Å². The predicted octanol–water partition coefficient (Wildman–Crippen LogP) is 2.29. The number of rotatable bonds is 0. The summed E-state index contributed by atoms with van der Waals surface area (Å²) in [5.74, 6) is 0. The van der Waals surface area contributed by atoms with Crippen LogP contribution in [0.2, 0.25) is 0 Å². The van der Waals surface area contributed by atoms with Gasteiger partial charge in [0.15, 0.2) is 0 Å². The van der Waals surface area contributed by atoms with Crippen LogP contribution in [0.5, 0.6) is 0 Å². The lowest BCUT2D eigenvalue weighted by Gasteiger charge is -1.99. The standard InChI is InChI=1S/C10H5N3/c1-7-3-8(5-11)4-9(6-12)10(7)13-2/h3-4H,1H3. The molecule has 0 amide bonds. The first-order chi connectivity index (χ1) is 6.22. The lowest BCUT2D eigenvalue weighted by Crippen LogP contribution is -1.83. The fourth-order valence-electron chi connectivity index (χ4n) is 1.08. The quantitative estimate of drug-likeness (QED) is 0.556. The van der Waals surface area contributed by atoms with E-state index in [-0.39, 0.29) is 5.56 Å². The van der Waals surface area contributed by atoms with Gasteiger partial charge in [-0.2, -0.15) is 10.5 Å². The van der Waals surface area contributed by atoms with Crippen LogP contribution in [-0.4, -0.2) is 0 Å². The third-order valence-corrected chi connectivity index (χ3v) is 1.66. The van der Waals surface area contributed by atoms with Gasteiger partial charge in [-0.3, -0.25) is 0 Å². The number of nitrogens with zero attached hydrogens (tertiary/aromatic N) is 3. The Labute approximate surface area is 76.3 Å². The summed E-state index contributed by atoms with van der Waals surface area (Å²) in [5, 5.41) is 17.3. The van der Waals surface area contributed by atoms with Crippen LogP contribution in [0.1, 0.15) is 16.7 Å². The molecule has 0 N–H and O–H groups in total. The van der Waals surface area contributed by atoms with Crippen LogP contribution in [-0.2, 0) is 0 Å². The summed E-state index contributed by atoms with van der Waals surface area (Å²) in [4.78, 5) is 3.23. The van der Waals surface area contributed by atoms with Crippen LogP contribution >= 0.6 is 0 Å². The van der Waals surface area contributed by atoms with Gasteiger partial charge in [-0.05, 0) is 18.6 Å². The van der Waals surface area contributed by atoms with Crippen molar-refractivity contribution in [2.75, 3.05) is 0 Å². The summed E-state index contributed by atoms with van der Waals surface area (Å²) in [6, 6.07) is 6.87. The molecule has 0 aromatic heterocycles. The van der Waals surface area contributed by atoms with E-state index in [4.69, 9.17) is 17.1 Å². The molecule has 1 aromatic rings. The first-order valence-electron chi connectivity index (χ1n) is 3.55. The van der Waals surface area contributed by atoms with Gasteiger partial charge in [-0.25, -0.2) is 4.85 Å².